The predicted octanol–water partition coefficient (Wildman–Crippen LogP) is 5.67. The first-order valence-corrected chi connectivity index (χ1v) is 13.1. The maximum Gasteiger partial charge on any atom is 0.266 e. The molecule has 0 radical (unpaired) electrons. The van der Waals surface area contributed by atoms with Crippen molar-refractivity contribution >= 4 is 5.90 Å². The Bertz CT molecular complexity index is 1730. The largest absolute Gasteiger partial charge is 0.467 e. The summed E-state index contributed by atoms with van der Waals surface area (Å²) in [6.45, 7) is 1.90. The van der Waals surface area contributed by atoms with E-state index in [1.807, 2.05) is 97.9 Å². The van der Waals surface area contributed by atoms with Crippen molar-refractivity contribution in [2.45, 2.75) is 25.4 Å². The highest BCUT2D eigenvalue weighted by molar-refractivity contribution is 5.96. The summed E-state index contributed by atoms with van der Waals surface area (Å²) < 4.78 is 12.2. The van der Waals surface area contributed by atoms with Gasteiger partial charge in [-0.2, -0.15) is 0 Å². The number of nitrogens with two attached hydrogens (primary N) is 1. The standard InChI is InChI=1S/C31H26N8O2/c1-20(23-13-7-14-26(35-23)24-11-2-4-17-33-24)40-29(37-32)21-9-6-10-22(19-21)30-38-39-31(41-30)28-16-8-15-27(36-28)25-12-3-5-18-34-25/h2-9,11-20,22H,10,32H2,1H3/b37-29-. The van der Waals surface area contributed by atoms with Crippen molar-refractivity contribution in [1.82, 2.24) is 30.1 Å². The number of pyridine rings is 4. The number of nitrogens with zero attached hydrogens (tertiary/aromatic N) is 7. The molecule has 5 aromatic heterocycles. The molecule has 0 saturated heterocycles. The number of allylic oxidation sites excluding steroid dienone is 2. The van der Waals surface area contributed by atoms with Crippen LogP contribution in [0.2, 0.25) is 0 Å². The molecule has 2 N–H and O–H groups in total. The van der Waals surface area contributed by atoms with E-state index in [2.05, 4.69) is 30.3 Å². The van der Waals surface area contributed by atoms with Crippen LogP contribution in [-0.2, 0) is 4.74 Å². The Kier molecular flexibility index (Phi) is 7.35. The summed E-state index contributed by atoms with van der Waals surface area (Å²) in [5, 5.41) is 12.5. The normalized spacial score (nSPS) is 15.8. The van der Waals surface area contributed by atoms with Crippen molar-refractivity contribution in [3.63, 3.8) is 0 Å². The van der Waals surface area contributed by atoms with Crippen LogP contribution in [0, 0.1) is 0 Å². The van der Waals surface area contributed by atoms with E-state index in [-0.39, 0.29) is 11.8 Å². The molecule has 0 amide bonds. The van der Waals surface area contributed by atoms with Gasteiger partial charge >= 0.3 is 0 Å². The monoisotopic (exact) mass is 542 g/mol. The Morgan fingerprint density at radius 2 is 1.54 bits per heavy atom. The van der Waals surface area contributed by atoms with Crippen molar-refractivity contribution in [2.75, 3.05) is 0 Å². The fourth-order valence-corrected chi connectivity index (χ4v) is 4.43. The Morgan fingerprint density at radius 3 is 2.24 bits per heavy atom. The summed E-state index contributed by atoms with van der Waals surface area (Å²) in [5.41, 5.74) is 5.05. The summed E-state index contributed by atoms with van der Waals surface area (Å²) in [6, 6.07) is 22.7. The Morgan fingerprint density at radius 1 is 0.854 bits per heavy atom. The molecule has 41 heavy (non-hydrogen) atoms. The Balaban J connectivity index is 1.19. The average molecular weight is 543 g/mol. The molecule has 0 spiro atoms. The molecule has 0 aliphatic heterocycles. The van der Waals surface area contributed by atoms with Crippen LogP contribution >= 0.6 is 0 Å². The molecule has 0 bridgehead atoms. The van der Waals surface area contributed by atoms with Gasteiger partial charge in [-0.05, 0) is 61.9 Å². The van der Waals surface area contributed by atoms with Crippen LogP contribution in [0.3, 0.4) is 0 Å². The van der Waals surface area contributed by atoms with Crippen LogP contribution in [0.15, 0.2) is 119 Å². The lowest BCUT2D eigenvalue weighted by molar-refractivity contribution is 0.208. The molecule has 0 aromatic carbocycles. The molecule has 6 rings (SSSR count). The molecule has 10 nitrogen and oxygen atoms in total. The molecule has 5 heterocycles. The van der Waals surface area contributed by atoms with Crippen LogP contribution in [0.5, 0.6) is 0 Å². The van der Waals surface area contributed by atoms with E-state index in [9.17, 15) is 0 Å². The lowest BCUT2D eigenvalue weighted by atomic mass is 9.96. The van der Waals surface area contributed by atoms with Crippen LogP contribution in [0.25, 0.3) is 34.4 Å². The fraction of sp³-hybridized carbons (Fsp3) is 0.129. The zero-order valence-corrected chi connectivity index (χ0v) is 22.2. The van der Waals surface area contributed by atoms with Gasteiger partial charge in [-0.1, -0.05) is 42.5 Å². The van der Waals surface area contributed by atoms with E-state index in [1.165, 1.54) is 0 Å². The third-order valence-electron chi connectivity index (χ3n) is 6.49. The van der Waals surface area contributed by atoms with Gasteiger partial charge in [0.05, 0.1) is 34.4 Å². The quantitative estimate of drug-likeness (QED) is 0.119. The molecular formula is C31H26N8O2. The van der Waals surface area contributed by atoms with Gasteiger partial charge in [0.2, 0.25) is 11.8 Å². The topological polar surface area (TPSA) is 138 Å². The molecule has 0 fully saturated rings. The second-order valence-electron chi connectivity index (χ2n) is 9.29. The molecule has 2 unspecified atom stereocenters. The van der Waals surface area contributed by atoms with E-state index in [0.29, 0.717) is 29.5 Å². The van der Waals surface area contributed by atoms with Crippen molar-refractivity contribution in [1.29, 1.82) is 0 Å². The van der Waals surface area contributed by atoms with Gasteiger partial charge in [-0.3, -0.25) is 9.97 Å². The van der Waals surface area contributed by atoms with Crippen molar-refractivity contribution in [3.05, 3.63) is 121 Å². The summed E-state index contributed by atoms with van der Waals surface area (Å²) >= 11 is 0. The third kappa shape index (κ3) is 5.76. The number of rotatable bonds is 7. The number of hydrogen-bond acceptors (Lipinski definition) is 10. The first-order valence-electron chi connectivity index (χ1n) is 13.1. The highest BCUT2D eigenvalue weighted by Crippen LogP contribution is 2.30. The first kappa shape index (κ1) is 25.8. The van der Waals surface area contributed by atoms with Crippen molar-refractivity contribution in [3.8, 4) is 34.4 Å². The number of hydrazone groups is 1. The maximum atomic E-state index is 6.17. The number of ether oxygens (including phenoxy) is 1. The molecule has 10 heteroatoms. The van der Waals surface area contributed by atoms with Crippen molar-refractivity contribution < 1.29 is 9.15 Å². The second kappa shape index (κ2) is 11.7. The minimum absolute atomic E-state index is 0.184. The van der Waals surface area contributed by atoms with Gasteiger partial charge < -0.3 is 15.0 Å². The summed E-state index contributed by atoms with van der Waals surface area (Å²) in [5.74, 6) is 6.66. The molecule has 202 valence electrons. The zero-order chi connectivity index (χ0) is 28.0. The molecule has 1 aliphatic rings. The lowest BCUT2D eigenvalue weighted by Gasteiger charge is -2.19. The minimum atomic E-state index is -0.414. The molecular weight excluding hydrogens is 516 g/mol. The highest BCUT2D eigenvalue weighted by Gasteiger charge is 2.23. The summed E-state index contributed by atoms with van der Waals surface area (Å²) in [7, 11) is 0. The molecule has 2 atom stereocenters. The van der Waals surface area contributed by atoms with E-state index in [4.69, 9.17) is 20.0 Å². The summed E-state index contributed by atoms with van der Waals surface area (Å²) in [6.07, 6.45) is 9.62. The van der Waals surface area contributed by atoms with Gasteiger partial charge in [0, 0.05) is 18.0 Å². The van der Waals surface area contributed by atoms with E-state index in [0.717, 1.165) is 28.5 Å². The molecule has 5 aromatic rings. The Hall–Kier alpha value is -5.51. The van der Waals surface area contributed by atoms with E-state index >= 15 is 0 Å². The third-order valence-corrected chi connectivity index (χ3v) is 6.49. The van der Waals surface area contributed by atoms with Crippen LogP contribution in [0.1, 0.15) is 37.0 Å². The number of hydrogen-bond donors (Lipinski definition) is 1. The smallest absolute Gasteiger partial charge is 0.266 e. The van der Waals surface area contributed by atoms with E-state index in [1.54, 1.807) is 12.4 Å². The van der Waals surface area contributed by atoms with Gasteiger partial charge in [-0.25, -0.2) is 9.97 Å². The van der Waals surface area contributed by atoms with Crippen LogP contribution in [-0.4, -0.2) is 36.0 Å². The average Bonchev–Trinajstić information content (AvgIpc) is 3.55. The van der Waals surface area contributed by atoms with Gasteiger partial charge in [0.25, 0.3) is 5.89 Å². The first-order chi connectivity index (χ1) is 20.2. The van der Waals surface area contributed by atoms with Crippen molar-refractivity contribution in [2.24, 2.45) is 10.9 Å². The van der Waals surface area contributed by atoms with Crippen LogP contribution < -0.4 is 5.84 Å². The second-order valence-corrected chi connectivity index (χ2v) is 9.29. The van der Waals surface area contributed by atoms with Crippen LogP contribution in [0.4, 0.5) is 0 Å². The van der Waals surface area contributed by atoms with Gasteiger partial charge in [0.1, 0.15) is 11.8 Å². The Labute approximate surface area is 236 Å². The van der Waals surface area contributed by atoms with Gasteiger partial charge in [0.15, 0.2) is 0 Å². The SMILES string of the molecule is CC(O/C(=N\N)C1=CC(c2nnc(-c3cccc(-c4ccccn4)n3)o2)CC=C1)c1cccc(-c2ccccn2)n1. The fourth-order valence-electron chi connectivity index (χ4n) is 4.43. The molecule has 1 aliphatic carbocycles. The zero-order valence-electron chi connectivity index (χ0n) is 22.2. The van der Waals surface area contributed by atoms with E-state index < -0.39 is 6.10 Å². The predicted molar refractivity (Wildman–Crippen MR) is 154 cm³/mol. The lowest BCUT2D eigenvalue weighted by Crippen LogP contribution is -2.16. The maximum absolute atomic E-state index is 6.17. The molecule has 0 saturated carbocycles. The summed E-state index contributed by atoms with van der Waals surface area (Å²) in [4.78, 5) is 18.1. The van der Waals surface area contributed by atoms with Gasteiger partial charge in [-0.15, -0.1) is 15.3 Å². The minimum Gasteiger partial charge on any atom is -0.467 e. The highest BCUT2D eigenvalue weighted by atomic mass is 16.5. The number of aromatic nitrogens is 6.